The van der Waals surface area contributed by atoms with Gasteiger partial charge in [-0.1, -0.05) is 13.0 Å². The third-order valence-corrected chi connectivity index (χ3v) is 7.47. The van der Waals surface area contributed by atoms with Crippen LogP contribution in [0.5, 0.6) is 0 Å². The van der Waals surface area contributed by atoms with E-state index in [1.54, 1.807) is 27.0 Å². The summed E-state index contributed by atoms with van der Waals surface area (Å²) in [5.41, 5.74) is 1.91. The van der Waals surface area contributed by atoms with Gasteiger partial charge in [-0.15, -0.1) is 5.10 Å². The first kappa shape index (κ1) is 23.6. The second-order valence-corrected chi connectivity index (χ2v) is 9.77. The molecular formula is C20H29FN4O5S. The first-order chi connectivity index (χ1) is 14.6. The Morgan fingerprint density at radius 1 is 1.42 bits per heavy atom. The predicted molar refractivity (Wildman–Crippen MR) is 112 cm³/mol. The standard InChI is InChI=1S/C20H29FN4O5S/c1-12-7-8-16(21)17(13(12)2)14(3)18(19-22-23-20(26)30-19)24-31(27,28)25-9-5-6-15(10-25)11-29-4/h7-8,14-15,18,24H,5-6,9-11H2,1-4H3,(H,23,26)/t14-,15?,18-/m0/s1. The smallest absolute Gasteiger partial charge is 0.391 e. The molecule has 0 spiro atoms. The van der Waals surface area contributed by atoms with E-state index in [1.807, 2.05) is 6.92 Å². The topological polar surface area (TPSA) is 118 Å². The molecule has 31 heavy (non-hydrogen) atoms. The monoisotopic (exact) mass is 456 g/mol. The van der Waals surface area contributed by atoms with Crippen molar-refractivity contribution in [3.63, 3.8) is 0 Å². The molecule has 1 unspecified atom stereocenters. The maximum atomic E-state index is 14.8. The molecule has 3 rings (SSSR count). The van der Waals surface area contributed by atoms with Crippen LogP contribution in [-0.2, 0) is 14.9 Å². The van der Waals surface area contributed by atoms with E-state index in [4.69, 9.17) is 9.15 Å². The molecule has 11 heteroatoms. The number of rotatable bonds is 8. The van der Waals surface area contributed by atoms with Crippen LogP contribution in [0.1, 0.15) is 54.3 Å². The molecule has 9 nitrogen and oxygen atoms in total. The summed E-state index contributed by atoms with van der Waals surface area (Å²) in [5.74, 6) is -2.03. The van der Waals surface area contributed by atoms with E-state index < -0.39 is 33.7 Å². The van der Waals surface area contributed by atoms with E-state index >= 15 is 0 Å². The van der Waals surface area contributed by atoms with Crippen LogP contribution in [0.3, 0.4) is 0 Å². The van der Waals surface area contributed by atoms with Crippen molar-refractivity contribution in [3.05, 3.63) is 51.1 Å². The molecule has 2 N–H and O–H groups in total. The second-order valence-electron chi connectivity index (χ2n) is 8.07. The van der Waals surface area contributed by atoms with Crippen molar-refractivity contribution in [1.29, 1.82) is 0 Å². The Morgan fingerprint density at radius 2 is 2.16 bits per heavy atom. The molecule has 0 radical (unpaired) electrons. The van der Waals surface area contributed by atoms with Crippen LogP contribution in [0.25, 0.3) is 0 Å². The molecule has 1 saturated heterocycles. The Kier molecular flexibility index (Phi) is 7.30. The third kappa shape index (κ3) is 5.22. The lowest BCUT2D eigenvalue weighted by Gasteiger charge is -2.33. The van der Waals surface area contributed by atoms with Gasteiger partial charge in [0.2, 0.25) is 5.89 Å². The van der Waals surface area contributed by atoms with E-state index in [1.165, 1.54) is 10.4 Å². The number of piperidine rings is 1. The summed E-state index contributed by atoms with van der Waals surface area (Å²) in [5, 5.41) is 5.98. The summed E-state index contributed by atoms with van der Waals surface area (Å²) in [6.45, 7) is 6.44. The van der Waals surface area contributed by atoms with Gasteiger partial charge in [0.05, 0.1) is 6.61 Å². The maximum Gasteiger partial charge on any atom is 0.434 e. The molecule has 2 heterocycles. The van der Waals surface area contributed by atoms with Crippen LogP contribution < -0.4 is 10.5 Å². The van der Waals surface area contributed by atoms with E-state index in [2.05, 4.69) is 14.9 Å². The van der Waals surface area contributed by atoms with Crippen molar-refractivity contribution in [2.75, 3.05) is 26.8 Å². The van der Waals surface area contributed by atoms with Crippen molar-refractivity contribution >= 4 is 10.2 Å². The van der Waals surface area contributed by atoms with Crippen molar-refractivity contribution < 1.29 is 22.0 Å². The van der Waals surface area contributed by atoms with Crippen molar-refractivity contribution in [3.8, 4) is 0 Å². The summed E-state index contributed by atoms with van der Waals surface area (Å²) in [6.07, 6.45) is 1.58. The van der Waals surface area contributed by atoms with Gasteiger partial charge >= 0.3 is 5.76 Å². The van der Waals surface area contributed by atoms with Gasteiger partial charge < -0.3 is 9.15 Å². The average Bonchev–Trinajstić information content (AvgIpc) is 3.16. The van der Waals surface area contributed by atoms with Crippen molar-refractivity contribution in [2.24, 2.45) is 5.92 Å². The summed E-state index contributed by atoms with van der Waals surface area (Å²) in [6, 6.07) is 1.93. The quantitative estimate of drug-likeness (QED) is 0.629. The Bertz CT molecular complexity index is 1070. The van der Waals surface area contributed by atoms with Crippen molar-refractivity contribution in [2.45, 2.75) is 45.6 Å². The van der Waals surface area contributed by atoms with E-state index in [9.17, 15) is 17.6 Å². The van der Waals surface area contributed by atoms with E-state index in [0.717, 1.165) is 12.0 Å². The number of aromatic nitrogens is 2. The van der Waals surface area contributed by atoms with Gasteiger partial charge in [-0.2, -0.15) is 17.4 Å². The van der Waals surface area contributed by atoms with Gasteiger partial charge in [0.15, 0.2) is 0 Å². The van der Waals surface area contributed by atoms with Gasteiger partial charge in [0.1, 0.15) is 11.9 Å². The molecule has 0 amide bonds. The maximum absolute atomic E-state index is 14.8. The number of aromatic amines is 1. The molecule has 1 aliphatic rings. The Hall–Kier alpha value is -2.08. The number of H-pyrrole nitrogens is 1. The molecule has 0 saturated carbocycles. The minimum absolute atomic E-state index is 0.0889. The highest BCUT2D eigenvalue weighted by atomic mass is 32.2. The summed E-state index contributed by atoms with van der Waals surface area (Å²) in [4.78, 5) is 11.6. The summed E-state index contributed by atoms with van der Waals surface area (Å²) < 4.78 is 55.4. The van der Waals surface area contributed by atoms with Crippen LogP contribution in [0.2, 0.25) is 0 Å². The first-order valence-corrected chi connectivity index (χ1v) is 11.7. The largest absolute Gasteiger partial charge is 0.434 e. The minimum Gasteiger partial charge on any atom is -0.391 e. The molecule has 0 aliphatic carbocycles. The van der Waals surface area contributed by atoms with Crippen LogP contribution in [0.15, 0.2) is 21.3 Å². The number of nitrogens with one attached hydrogen (secondary N) is 2. The fraction of sp³-hybridized carbons (Fsp3) is 0.600. The summed E-state index contributed by atoms with van der Waals surface area (Å²) in [7, 11) is -2.39. The van der Waals surface area contributed by atoms with Crippen LogP contribution >= 0.6 is 0 Å². The number of hydrogen-bond donors (Lipinski definition) is 2. The number of aryl methyl sites for hydroxylation is 1. The third-order valence-electron chi connectivity index (χ3n) is 5.91. The highest BCUT2D eigenvalue weighted by Crippen LogP contribution is 2.35. The first-order valence-electron chi connectivity index (χ1n) is 10.2. The highest BCUT2D eigenvalue weighted by Gasteiger charge is 2.36. The Morgan fingerprint density at radius 3 is 2.81 bits per heavy atom. The van der Waals surface area contributed by atoms with Crippen LogP contribution in [0, 0.1) is 25.6 Å². The zero-order chi connectivity index (χ0) is 22.8. The Balaban J connectivity index is 1.95. The molecule has 3 atom stereocenters. The molecule has 1 aliphatic heterocycles. The molecule has 172 valence electrons. The fourth-order valence-corrected chi connectivity index (χ4v) is 5.67. The van der Waals surface area contributed by atoms with Gasteiger partial charge in [-0.05, 0) is 55.4 Å². The second kappa shape index (κ2) is 9.60. The lowest BCUT2D eigenvalue weighted by atomic mass is 9.88. The number of ether oxygens (including phenoxy) is 1. The number of methoxy groups -OCH3 is 1. The normalized spacial score (nSPS) is 20.0. The Labute approximate surface area is 181 Å². The molecule has 1 aromatic carbocycles. The molecule has 1 aromatic heterocycles. The van der Waals surface area contributed by atoms with E-state index in [0.29, 0.717) is 37.2 Å². The zero-order valence-corrected chi connectivity index (χ0v) is 19.0. The van der Waals surface area contributed by atoms with Crippen LogP contribution in [-0.4, -0.2) is 49.7 Å². The zero-order valence-electron chi connectivity index (χ0n) is 18.1. The minimum atomic E-state index is -3.97. The van der Waals surface area contributed by atoms with E-state index in [-0.39, 0.29) is 11.8 Å². The van der Waals surface area contributed by atoms with Crippen LogP contribution in [0.4, 0.5) is 4.39 Å². The van der Waals surface area contributed by atoms with Gasteiger partial charge in [0, 0.05) is 26.1 Å². The summed E-state index contributed by atoms with van der Waals surface area (Å²) >= 11 is 0. The molecule has 1 fully saturated rings. The number of nitrogens with zero attached hydrogens (tertiary/aromatic N) is 2. The van der Waals surface area contributed by atoms with Crippen molar-refractivity contribution in [1.82, 2.24) is 19.2 Å². The lowest BCUT2D eigenvalue weighted by Crippen LogP contribution is -2.48. The molecular weight excluding hydrogens is 427 g/mol. The predicted octanol–water partition coefficient (Wildman–Crippen LogP) is 2.16. The molecule has 0 bridgehead atoms. The SMILES string of the molecule is COCC1CCCN(S(=O)(=O)N[C@H](c2n[nH]c(=O)o2)[C@@H](C)c2c(F)ccc(C)c2C)C1. The van der Waals surface area contributed by atoms with Gasteiger partial charge in [-0.3, -0.25) is 0 Å². The van der Waals surface area contributed by atoms with Gasteiger partial charge in [-0.25, -0.2) is 14.3 Å². The number of halogens is 1. The average molecular weight is 457 g/mol. The highest BCUT2D eigenvalue weighted by molar-refractivity contribution is 7.87. The number of benzene rings is 1. The number of hydrogen-bond acceptors (Lipinski definition) is 6. The fourth-order valence-electron chi connectivity index (χ4n) is 4.12. The lowest BCUT2D eigenvalue weighted by molar-refractivity contribution is 0.118. The molecule has 2 aromatic rings. The van der Waals surface area contributed by atoms with Gasteiger partial charge in [0.25, 0.3) is 10.2 Å².